The Kier molecular flexibility index (Phi) is 5.22. The molecule has 0 heterocycles. The summed E-state index contributed by atoms with van der Waals surface area (Å²) in [7, 11) is -1.64. The first-order chi connectivity index (χ1) is 9.47. The Balaban J connectivity index is 3.30. The van der Waals surface area contributed by atoms with E-state index < -0.39 is 45.3 Å². The van der Waals surface area contributed by atoms with Gasteiger partial charge in [0.2, 0.25) is 0 Å². The molecule has 2 atom stereocenters. The van der Waals surface area contributed by atoms with Crippen molar-refractivity contribution in [2.45, 2.75) is 44.4 Å². The Morgan fingerprint density at radius 1 is 1.29 bits per heavy atom. The van der Waals surface area contributed by atoms with Gasteiger partial charge in [0.15, 0.2) is 11.6 Å². The zero-order valence-corrected chi connectivity index (χ0v) is 13.2. The van der Waals surface area contributed by atoms with Crippen molar-refractivity contribution >= 4 is 17.0 Å². The summed E-state index contributed by atoms with van der Waals surface area (Å²) in [6.45, 7) is 6.47. The van der Waals surface area contributed by atoms with Gasteiger partial charge in [-0.3, -0.25) is 4.79 Å². The van der Waals surface area contributed by atoms with Gasteiger partial charge < -0.3 is 5.11 Å². The Labute approximate surface area is 125 Å². The highest BCUT2D eigenvalue weighted by atomic mass is 32.2. The SMILES string of the molecule is CC(C)(C)[S@@](=O)N[C@@](C)(CC(=O)O)c1cccc(F)c1F. The minimum absolute atomic E-state index is 0.164. The summed E-state index contributed by atoms with van der Waals surface area (Å²) in [6, 6.07) is 3.52. The molecule has 1 aromatic carbocycles. The van der Waals surface area contributed by atoms with Gasteiger partial charge >= 0.3 is 5.97 Å². The number of aliphatic carboxylic acids is 1. The van der Waals surface area contributed by atoms with Crippen molar-refractivity contribution in [2.75, 3.05) is 0 Å². The van der Waals surface area contributed by atoms with Crippen molar-refractivity contribution in [3.63, 3.8) is 0 Å². The third-order valence-electron chi connectivity index (χ3n) is 2.92. The fourth-order valence-corrected chi connectivity index (χ4v) is 2.67. The lowest BCUT2D eigenvalue weighted by atomic mass is 9.89. The highest BCUT2D eigenvalue weighted by molar-refractivity contribution is 7.84. The molecular formula is C14H19F2NO3S. The second kappa shape index (κ2) is 6.19. The molecule has 0 saturated carbocycles. The quantitative estimate of drug-likeness (QED) is 0.877. The van der Waals surface area contributed by atoms with Crippen molar-refractivity contribution in [3.8, 4) is 0 Å². The van der Waals surface area contributed by atoms with Gasteiger partial charge in [0, 0.05) is 5.56 Å². The van der Waals surface area contributed by atoms with Gasteiger partial charge in [0.05, 0.1) is 27.7 Å². The molecule has 0 amide bonds. The van der Waals surface area contributed by atoms with Gasteiger partial charge in [-0.15, -0.1) is 0 Å². The lowest BCUT2D eigenvalue weighted by Crippen LogP contribution is -2.47. The zero-order valence-electron chi connectivity index (χ0n) is 12.4. The topological polar surface area (TPSA) is 66.4 Å². The van der Waals surface area contributed by atoms with Gasteiger partial charge in [0.25, 0.3) is 0 Å². The molecule has 7 heteroatoms. The van der Waals surface area contributed by atoms with Gasteiger partial charge in [-0.1, -0.05) is 12.1 Å². The Hall–Kier alpha value is -1.34. The maximum atomic E-state index is 14.0. The van der Waals surface area contributed by atoms with Crippen molar-refractivity contribution < 1.29 is 22.9 Å². The van der Waals surface area contributed by atoms with E-state index in [9.17, 15) is 17.8 Å². The lowest BCUT2D eigenvalue weighted by molar-refractivity contribution is -0.138. The van der Waals surface area contributed by atoms with Gasteiger partial charge in [-0.2, -0.15) is 0 Å². The monoisotopic (exact) mass is 319 g/mol. The third-order valence-corrected chi connectivity index (χ3v) is 4.67. The van der Waals surface area contributed by atoms with Crippen molar-refractivity contribution in [3.05, 3.63) is 35.4 Å². The first-order valence-electron chi connectivity index (χ1n) is 6.33. The smallest absolute Gasteiger partial charge is 0.305 e. The molecule has 0 bridgehead atoms. The molecule has 1 rings (SSSR count). The first kappa shape index (κ1) is 17.7. The van der Waals surface area contributed by atoms with E-state index in [-0.39, 0.29) is 5.56 Å². The zero-order chi connectivity index (χ0) is 16.4. The van der Waals surface area contributed by atoms with Crippen LogP contribution in [-0.2, 0) is 21.3 Å². The lowest BCUT2D eigenvalue weighted by Gasteiger charge is -2.32. The largest absolute Gasteiger partial charge is 0.481 e. The van der Waals surface area contributed by atoms with Gasteiger partial charge in [0.1, 0.15) is 0 Å². The van der Waals surface area contributed by atoms with E-state index in [0.29, 0.717) is 0 Å². The summed E-state index contributed by atoms with van der Waals surface area (Å²) in [5.41, 5.74) is -1.65. The van der Waals surface area contributed by atoms with Crippen LogP contribution in [0.3, 0.4) is 0 Å². The summed E-state index contributed by atoms with van der Waals surface area (Å²) in [4.78, 5) is 11.1. The van der Waals surface area contributed by atoms with Crippen LogP contribution in [0.25, 0.3) is 0 Å². The summed E-state index contributed by atoms with van der Waals surface area (Å²) < 4.78 is 41.6. The second-order valence-corrected chi connectivity index (χ2v) is 7.95. The molecule has 0 fully saturated rings. The number of halogens is 2. The molecular weight excluding hydrogens is 300 g/mol. The molecule has 0 aliphatic heterocycles. The van der Waals surface area contributed by atoms with E-state index in [0.717, 1.165) is 6.07 Å². The van der Waals surface area contributed by atoms with Gasteiger partial charge in [-0.05, 0) is 33.8 Å². The Morgan fingerprint density at radius 3 is 2.33 bits per heavy atom. The average Bonchev–Trinajstić information content (AvgIpc) is 2.30. The normalized spacial score (nSPS) is 16.3. The Bertz CT molecular complexity index is 572. The molecule has 118 valence electrons. The van der Waals surface area contributed by atoms with E-state index >= 15 is 0 Å². The molecule has 0 radical (unpaired) electrons. The number of hydrogen-bond donors (Lipinski definition) is 2. The van der Waals surface area contributed by atoms with Crippen LogP contribution in [0.15, 0.2) is 18.2 Å². The van der Waals surface area contributed by atoms with Crippen LogP contribution in [0.2, 0.25) is 0 Å². The maximum absolute atomic E-state index is 14.0. The number of rotatable bonds is 5. The van der Waals surface area contributed by atoms with Crippen LogP contribution in [0.5, 0.6) is 0 Å². The molecule has 0 aromatic heterocycles. The molecule has 1 aromatic rings. The average molecular weight is 319 g/mol. The highest BCUT2D eigenvalue weighted by Gasteiger charge is 2.37. The van der Waals surface area contributed by atoms with E-state index in [1.165, 1.54) is 19.1 Å². The standard InChI is InChI=1S/C14H19F2NO3S/c1-13(2,3)21(20)17-14(4,8-11(18)19)9-6-5-7-10(15)12(9)16/h5-7,17H,8H2,1-4H3,(H,18,19)/t14-,21+/m0/s1. The molecule has 0 aliphatic carbocycles. The van der Waals surface area contributed by atoms with Crippen molar-refractivity contribution in [1.29, 1.82) is 0 Å². The van der Waals surface area contributed by atoms with Gasteiger partial charge in [-0.25, -0.2) is 17.7 Å². The Morgan fingerprint density at radius 2 is 1.86 bits per heavy atom. The van der Waals surface area contributed by atoms with E-state index in [1.54, 1.807) is 20.8 Å². The minimum atomic E-state index is -1.64. The summed E-state index contributed by atoms with van der Waals surface area (Å²) in [5.74, 6) is -3.42. The van der Waals surface area contributed by atoms with Crippen LogP contribution >= 0.6 is 0 Å². The molecule has 4 nitrogen and oxygen atoms in total. The predicted molar refractivity (Wildman–Crippen MR) is 77.0 cm³/mol. The van der Waals surface area contributed by atoms with Crippen LogP contribution in [0, 0.1) is 11.6 Å². The number of nitrogens with one attached hydrogen (secondary N) is 1. The third kappa shape index (κ3) is 4.31. The summed E-state index contributed by atoms with van der Waals surface area (Å²) >= 11 is 0. The van der Waals surface area contributed by atoms with Crippen LogP contribution in [-0.4, -0.2) is 20.0 Å². The van der Waals surface area contributed by atoms with Crippen LogP contribution in [0.4, 0.5) is 8.78 Å². The summed E-state index contributed by atoms with van der Waals surface area (Å²) in [5, 5.41) is 9.03. The van der Waals surface area contributed by atoms with E-state index in [2.05, 4.69) is 4.72 Å². The van der Waals surface area contributed by atoms with Crippen molar-refractivity contribution in [2.24, 2.45) is 0 Å². The number of carboxylic acids is 1. The molecule has 0 unspecified atom stereocenters. The minimum Gasteiger partial charge on any atom is -0.481 e. The fourth-order valence-electron chi connectivity index (χ4n) is 1.78. The predicted octanol–water partition coefficient (Wildman–Crippen LogP) is 2.71. The molecule has 0 aliphatic rings. The van der Waals surface area contributed by atoms with E-state index in [4.69, 9.17) is 5.11 Å². The number of benzene rings is 1. The van der Waals surface area contributed by atoms with E-state index in [1.807, 2.05) is 0 Å². The second-order valence-electron chi connectivity index (χ2n) is 5.99. The van der Waals surface area contributed by atoms with Crippen LogP contribution in [0.1, 0.15) is 39.7 Å². The number of carboxylic acid groups (broad SMARTS) is 1. The fraction of sp³-hybridized carbons (Fsp3) is 0.500. The number of hydrogen-bond acceptors (Lipinski definition) is 2. The molecule has 0 saturated heterocycles. The molecule has 2 N–H and O–H groups in total. The summed E-state index contributed by atoms with van der Waals surface area (Å²) in [6.07, 6.45) is -0.533. The van der Waals surface area contributed by atoms with Crippen molar-refractivity contribution in [1.82, 2.24) is 4.72 Å². The van der Waals surface area contributed by atoms with Crippen LogP contribution < -0.4 is 4.72 Å². The number of carbonyl (C=O) groups is 1. The first-order valence-corrected chi connectivity index (χ1v) is 7.48. The molecule has 21 heavy (non-hydrogen) atoms. The maximum Gasteiger partial charge on any atom is 0.305 e. The molecule has 0 spiro atoms. The highest BCUT2D eigenvalue weighted by Crippen LogP contribution is 2.30.